The molecule has 7 nitrogen and oxygen atoms in total. The van der Waals surface area contributed by atoms with Crippen molar-refractivity contribution in [2.24, 2.45) is 52.1 Å². The topological polar surface area (TPSA) is 150 Å². The zero-order valence-corrected chi connectivity index (χ0v) is 19.7. The van der Waals surface area contributed by atoms with Crippen molar-refractivity contribution in [3.63, 3.8) is 0 Å². The van der Waals surface area contributed by atoms with Crippen molar-refractivity contribution >= 4 is 5.97 Å². The second-order valence-electron chi connectivity index (χ2n) is 11.0. The molecule has 4 aliphatic carbocycles. The molecular weight excluding hydrogens is 396 g/mol. The molecular formula is C24H46N2O5. The van der Waals surface area contributed by atoms with E-state index in [2.05, 4.69) is 25.5 Å². The van der Waals surface area contributed by atoms with Crippen LogP contribution in [0.1, 0.15) is 90.9 Å². The minimum absolute atomic E-state index is 0.0768. The third-order valence-corrected chi connectivity index (χ3v) is 9.76. The monoisotopic (exact) mass is 442 g/mol. The molecule has 4 aliphatic rings. The predicted molar refractivity (Wildman–Crippen MR) is 120 cm³/mol. The van der Waals surface area contributed by atoms with Gasteiger partial charge in [-0.15, -0.1) is 0 Å². The first kappa shape index (κ1) is 26.5. The highest BCUT2D eigenvalue weighted by atomic mass is 16.5. The summed E-state index contributed by atoms with van der Waals surface area (Å²) in [5.41, 5.74) is 0.445. The number of fused-ring (bicyclic) bond motifs is 5. The molecule has 0 amide bonds. The number of aliphatic hydroxyl groups is 3. The standard InChI is InChI=1S/C23H38O4.CH4O.H4N2/c1-21-12-11-19-17(18(21)9-7-15(21)4-3-5-20(24)25)8-6-16-10-13-23(26,27)14-22(16,19)2;2*1-2/h15-19,26-27H,3-14H2,1-2H3,(H,24,25);2H,1H3;1-2H2. The van der Waals surface area contributed by atoms with Gasteiger partial charge in [0.15, 0.2) is 5.79 Å². The van der Waals surface area contributed by atoms with Gasteiger partial charge in [0.1, 0.15) is 0 Å². The zero-order valence-electron chi connectivity index (χ0n) is 19.7. The highest BCUT2D eigenvalue weighted by Gasteiger charge is 2.61. The van der Waals surface area contributed by atoms with Crippen LogP contribution in [-0.2, 0) is 4.79 Å². The lowest BCUT2D eigenvalue weighted by atomic mass is 9.44. The summed E-state index contributed by atoms with van der Waals surface area (Å²) < 4.78 is 0. The number of rotatable bonds is 4. The summed E-state index contributed by atoms with van der Waals surface area (Å²) in [4.78, 5) is 10.9. The molecule has 0 aromatic carbocycles. The number of nitrogens with two attached hydrogens (primary N) is 2. The fourth-order valence-electron chi connectivity index (χ4n) is 8.47. The Balaban J connectivity index is 0.000000807. The molecule has 7 heteroatoms. The van der Waals surface area contributed by atoms with Crippen LogP contribution in [0.15, 0.2) is 0 Å². The van der Waals surface area contributed by atoms with E-state index >= 15 is 0 Å². The molecule has 0 aromatic rings. The Morgan fingerprint density at radius 1 is 0.903 bits per heavy atom. The highest BCUT2D eigenvalue weighted by Crippen LogP contribution is 2.68. The number of carboxylic acid groups (broad SMARTS) is 1. The van der Waals surface area contributed by atoms with E-state index in [4.69, 9.17) is 10.2 Å². The highest BCUT2D eigenvalue weighted by molar-refractivity contribution is 5.66. The molecule has 7 atom stereocenters. The van der Waals surface area contributed by atoms with Gasteiger partial charge < -0.3 is 20.4 Å². The number of hydrazine groups is 1. The molecule has 8 N–H and O–H groups in total. The normalized spacial score (nSPS) is 42.5. The van der Waals surface area contributed by atoms with Gasteiger partial charge in [-0.25, -0.2) is 0 Å². The third kappa shape index (κ3) is 5.11. The number of carbonyl (C=O) groups is 1. The summed E-state index contributed by atoms with van der Waals surface area (Å²) >= 11 is 0. The second kappa shape index (κ2) is 10.5. The van der Waals surface area contributed by atoms with Gasteiger partial charge in [-0.2, -0.15) is 0 Å². The van der Waals surface area contributed by atoms with Crippen molar-refractivity contribution < 1.29 is 25.2 Å². The first-order valence-corrected chi connectivity index (χ1v) is 12.1. The van der Waals surface area contributed by atoms with E-state index < -0.39 is 11.8 Å². The number of aliphatic carboxylic acids is 1. The zero-order chi connectivity index (χ0) is 23.4. The summed E-state index contributed by atoms with van der Waals surface area (Å²) in [6.45, 7) is 4.85. The molecule has 7 unspecified atom stereocenters. The lowest BCUT2D eigenvalue weighted by Gasteiger charge is -2.61. The molecule has 0 aliphatic heterocycles. The molecule has 4 rings (SSSR count). The van der Waals surface area contributed by atoms with E-state index in [0.29, 0.717) is 42.4 Å². The SMILES string of the molecule is CC12CCC3C(CCC4CCC(O)(O)CC43C)C1CCC2CCCC(=O)O.CO.NN. The van der Waals surface area contributed by atoms with E-state index in [1.165, 1.54) is 38.5 Å². The van der Waals surface area contributed by atoms with Crippen LogP contribution in [0.2, 0.25) is 0 Å². The lowest BCUT2D eigenvalue weighted by Crippen LogP contribution is -2.56. The van der Waals surface area contributed by atoms with Gasteiger partial charge in [0.05, 0.1) is 0 Å². The summed E-state index contributed by atoms with van der Waals surface area (Å²) in [7, 11) is 1.00. The van der Waals surface area contributed by atoms with Crippen LogP contribution in [0.3, 0.4) is 0 Å². The largest absolute Gasteiger partial charge is 0.481 e. The quantitative estimate of drug-likeness (QED) is 0.222. The number of aliphatic hydroxyl groups excluding tert-OH is 1. The number of carboxylic acids is 1. The van der Waals surface area contributed by atoms with Crippen molar-refractivity contribution in [2.75, 3.05) is 7.11 Å². The minimum atomic E-state index is -1.47. The molecule has 0 radical (unpaired) electrons. The van der Waals surface area contributed by atoms with Crippen LogP contribution < -0.4 is 11.7 Å². The van der Waals surface area contributed by atoms with Crippen LogP contribution in [0.5, 0.6) is 0 Å². The van der Waals surface area contributed by atoms with Gasteiger partial charge in [0, 0.05) is 26.4 Å². The molecule has 4 saturated carbocycles. The molecule has 0 saturated heterocycles. The average Bonchev–Trinajstić information content (AvgIpc) is 3.06. The molecule has 0 aromatic heterocycles. The van der Waals surface area contributed by atoms with Crippen molar-refractivity contribution in [1.29, 1.82) is 0 Å². The Morgan fingerprint density at radius 2 is 1.55 bits per heavy atom. The van der Waals surface area contributed by atoms with Crippen LogP contribution in [0, 0.1) is 40.4 Å². The Bertz CT molecular complexity index is 601. The smallest absolute Gasteiger partial charge is 0.303 e. The van der Waals surface area contributed by atoms with E-state index in [0.717, 1.165) is 38.2 Å². The van der Waals surface area contributed by atoms with Gasteiger partial charge in [-0.1, -0.05) is 13.8 Å². The van der Waals surface area contributed by atoms with Crippen molar-refractivity contribution in [1.82, 2.24) is 0 Å². The van der Waals surface area contributed by atoms with Crippen molar-refractivity contribution in [3.05, 3.63) is 0 Å². The Labute approximate surface area is 187 Å². The maximum absolute atomic E-state index is 10.9. The van der Waals surface area contributed by atoms with Crippen LogP contribution in [0.25, 0.3) is 0 Å². The van der Waals surface area contributed by atoms with Gasteiger partial charge in [0.2, 0.25) is 0 Å². The third-order valence-electron chi connectivity index (χ3n) is 9.76. The van der Waals surface area contributed by atoms with E-state index in [1.54, 1.807) is 0 Å². The molecule has 31 heavy (non-hydrogen) atoms. The van der Waals surface area contributed by atoms with Crippen LogP contribution in [0.4, 0.5) is 0 Å². The molecule has 0 heterocycles. The van der Waals surface area contributed by atoms with E-state index in [-0.39, 0.29) is 5.41 Å². The molecule has 4 fully saturated rings. The number of hydrogen-bond acceptors (Lipinski definition) is 6. The predicted octanol–water partition coefficient (Wildman–Crippen LogP) is 3.01. The lowest BCUT2D eigenvalue weighted by molar-refractivity contribution is -0.242. The Morgan fingerprint density at radius 3 is 2.19 bits per heavy atom. The van der Waals surface area contributed by atoms with E-state index in [9.17, 15) is 15.0 Å². The summed E-state index contributed by atoms with van der Waals surface area (Å²) in [6, 6.07) is 0. The maximum Gasteiger partial charge on any atom is 0.303 e. The van der Waals surface area contributed by atoms with Gasteiger partial charge in [-0.05, 0) is 98.2 Å². The summed E-state index contributed by atoms with van der Waals surface area (Å²) in [6.07, 6.45) is 11.8. The summed E-state index contributed by atoms with van der Waals surface area (Å²) in [5, 5.41) is 36.8. The average molecular weight is 443 g/mol. The Hall–Kier alpha value is -0.730. The molecule has 0 bridgehead atoms. The Kier molecular flexibility index (Phi) is 8.96. The first-order valence-electron chi connectivity index (χ1n) is 12.1. The minimum Gasteiger partial charge on any atom is -0.481 e. The van der Waals surface area contributed by atoms with Crippen LogP contribution in [-0.4, -0.2) is 39.3 Å². The second-order valence-corrected chi connectivity index (χ2v) is 11.0. The van der Waals surface area contributed by atoms with Crippen molar-refractivity contribution in [3.8, 4) is 0 Å². The first-order chi connectivity index (χ1) is 14.7. The van der Waals surface area contributed by atoms with Gasteiger partial charge in [-0.3, -0.25) is 16.5 Å². The fourth-order valence-corrected chi connectivity index (χ4v) is 8.47. The van der Waals surface area contributed by atoms with E-state index in [1.807, 2.05) is 0 Å². The van der Waals surface area contributed by atoms with Gasteiger partial charge >= 0.3 is 5.97 Å². The molecule has 182 valence electrons. The maximum atomic E-state index is 10.9. The van der Waals surface area contributed by atoms with Crippen molar-refractivity contribution in [2.45, 2.75) is 96.7 Å². The van der Waals surface area contributed by atoms with Gasteiger partial charge in [0.25, 0.3) is 0 Å². The number of hydrogen-bond donors (Lipinski definition) is 6. The van der Waals surface area contributed by atoms with Crippen LogP contribution >= 0.6 is 0 Å². The summed E-state index contributed by atoms with van der Waals surface area (Å²) in [5.74, 6) is 9.30. The molecule has 0 spiro atoms. The fraction of sp³-hybridized carbons (Fsp3) is 0.958.